The summed E-state index contributed by atoms with van der Waals surface area (Å²) in [7, 11) is 0. The van der Waals surface area contributed by atoms with Crippen molar-refractivity contribution in [2.24, 2.45) is 0 Å². The quantitative estimate of drug-likeness (QED) is 0.573. The standard InChI is InChI=1S/C19H18F3N7O2S/c20-19(21,22)10-25-17(30)13-5-12(7-23-8-13)14-9-24-18(32-14)28-15-6-16(27-11-26-15)29-1-3-31-4-2-29/h5-9,11H,1-4,10H2,(H,25,30)(H,24,26,27,28). The second-order valence-corrected chi connectivity index (χ2v) is 7.81. The molecule has 0 bridgehead atoms. The van der Waals surface area contributed by atoms with E-state index >= 15 is 0 Å². The summed E-state index contributed by atoms with van der Waals surface area (Å²) in [6.07, 6.45) is 1.30. The molecule has 0 aromatic carbocycles. The number of thiazole rings is 1. The Hall–Kier alpha value is -3.32. The lowest BCUT2D eigenvalue weighted by Gasteiger charge is -2.27. The Kier molecular flexibility index (Phi) is 6.46. The van der Waals surface area contributed by atoms with Crippen LogP contribution in [0, 0.1) is 0 Å². The van der Waals surface area contributed by atoms with Crippen molar-refractivity contribution in [1.82, 2.24) is 25.3 Å². The van der Waals surface area contributed by atoms with Crippen LogP contribution in [0.5, 0.6) is 0 Å². The van der Waals surface area contributed by atoms with E-state index < -0.39 is 18.6 Å². The van der Waals surface area contributed by atoms with E-state index in [1.165, 1.54) is 36.1 Å². The number of rotatable bonds is 6. The van der Waals surface area contributed by atoms with Crippen molar-refractivity contribution in [3.63, 3.8) is 0 Å². The Morgan fingerprint density at radius 2 is 1.94 bits per heavy atom. The molecule has 0 aliphatic carbocycles. The Bertz CT molecular complexity index is 1090. The number of hydrogen-bond acceptors (Lipinski definition) is 9. The monoisotopic (exact) mass is 465 g/mol. The summed E-state index contributed by atoms with van der Waals surface area (Å²) in [6, 6.07) is 3.29. The summed E-state index contributed by atoms with van der Waals surface area (Å²) >= 11 is 1.29. The van der Waals surface area contributed by atoms with Crippen LogP contribution in [-0.2, 0) is 4.74 Å². The number of hydrogen-bond donors (Lipinski definition) is 2. The number of halogens is 3. The Morgan fingerprint density at radius 3 is 2.72 bits per heavy atom. The normalized spacial score (nSPS) is 14.3. The molecule has 13 heteroatoms. The van der Waals surface area contributed by atoms with Crippen LogP contribution in [0.4, 0.5) is 29.9 Å². The number of carbonyl (C=O) groups excluding carboxylic acids is 1. The molecule has 4 rings (SSSR count). The molecule has 168 valence electrons. The van der Waals surface area contributed by atoms with E-state index in [-0.39, 0.29) is 5.56 Å². The van der Waals surface area contributed by atoms with Gasteiger partial charge in [-0.3, -0.25) is 9.78 Å². The van der Waals surface area contributed by atoms with Gasteiger partial charge in [-0.25, -0.2) is 15.0 Å². The fraction of sp³-hybridized carbons (Fsp3) is 0.316. The number of amides is 1. The van der Waals surface area contributed by atoms with Crippen LogP contribution in [0.15, 0.2) is 37.1 Å². The van der Waals surface area contributed by atoms with Crippen LogP contribution < -0.4 is 15.5 Å². The lowest BCUT2D eigenvalue weighted by molar-refractivity contribution is -0.123. The molecule has 9 nitrogen and oxygen atoms in total. The smallest absolute Gasteiger partial charge is 0.378 e. The zero-order chi connectivity index (χ0) is 22.6. The number of morpholine rings is 1. The maximum atomic E-state index is 12.3. The molecule has 1 aliphatic rings. The van der Waals surface area contributed by atoms with Gasteiger partial charge in [0, 0.05) is 43.3 Å². The molecule has 0 radical (unpaired) electrons. The van der Waals surface area contributed by atoms with Gasteiger partial charge in [0.2, 0.25) is 0 Å². The van der Waals surface area contributed by atoms with Gasteiger partial charge >= 0.3 is 6.18 Å². The first-order valence-electron chi connectivity index (χ1n) is 9.55. The summed E-state index contributed by atoms with van der Waals surface area (Å²) in [4.78, 5) is 31.6. The third kappa shape index (κ3) is 5.68. The van der Waals surface area contributed by atoms with Crippen molar-refractivity contribution in [3.05, 3.63) is 42.6 Å². The molecule has 0 atom stereocenters. The second-order valence-electron chi connectivity index (χ2n) is 6.78. The zero-order valence-corrected chi connectivity index (χ0v) is 17.4. The first-order valence-corrected chi connectivity index (χ1v) is 10.4. The van der Waals surface area contributed by atoms with E-state index in [1.54, 1.807) is 6.20 Å². The molecule has 0 saturated carbocycles. The average Bonchev–Trinajstić information content (AvgIpc) is 3.26. The van der Waals surface area contributed by atoms with E-state index in [0.717, 1.165) is 18.9 Å². The van der Waals surface area contributed by atoms with Crippen LogP contribution in [0.2, 0.25) is 0 Å². The molecule has 1 fully saturated rings. The third-order valence-corrected chi connectivity index (χ3v) is 5.42. The molecule has 32 heavy (non-hydrogen) atoms. The minimum Gasteiger partial charge on any atom is -0.378 e. The maximum Gasteiger partial charge on any atom is 0.405 e. The van der Waals surface area contributed by atoms with Crippen LogP contribution in [-0.4, -0.2) is 64.9 Å². The van der Waals surface area contributed by atoms with Gasteiger partial charge in [0.1, 0.15) is 24.5 Å². The van der Waals surface area contributed by atoms with Crippen LogP contribution >= 0.6 is 11.3 Å². The van der Waals surface area contributed by atoms with Crippen molar-refractivity contribution >= 4 is 34.0 Å². The maximum absolute atomic E-state index is 12.3. The molecule has 1 saturated heterocycles. The molecule has 4 heterocycles. The van der Waals surface area contributed by atoms with Gasteiger partial charge in [0.05, 0.1) is 23.7 Å². The summed E-state index contributed by atoms with van der Waals surface area (Å²) in [6.45, 7) is 1.37. The first-order chi connectivity index (χ1) is 15.4. The third-order valence-electron chi connectivity index (χ3n) is 4.46. The summed E-state index contributed by atoms with van der Waals surface area (Å²) < 4.78 is 42.3. The SMILES string of the molecule is O=C(NCC(F)(F)F)c1cncc(-c2cnc(Nc3cc(N4CCOCC4)ncn3)s2)c1. The molecule has 1 aliphatic heterocycles. The van der Waals surface area contributed by atoms with Crippen molar-refractivity contribution in [1.29, 1.82) is 0 Å². The minimum atomic E-state index is -4.48. The highest BCUT2D eigenvalue weighted by Gasteiger charge is 2.28. The first kappa shape index (κ1) is 21.9. The molecule has 0 spiro atoms. The molecule has 0 unspecified atom stereocenters. The van der Waals surface area contributed by atoms with Gasteiger partial charge in [0.15, 0.2) is 5.13 Å². The zero-order valence-electron chi connectivity index (χ0n) is 16.6. The summed E-state index contributed by atoms with van der Waals surface area (Å²) in [5, 5.41) is 5.51. The van der Waals surface area contributed by atoms with Gasteiger partial charge in [0.25, 0.3) is 5.91 Å². The number of anilines is 3. The number of alkyl halides is 3. The average molecular weight is 465 g/mol. The summed E-state index contributed by atoms with van der Waals surface area (Å²) in [5.74, 6) is 0.501. The number of nitrogens with zero attached hydrogens (tertiary/aromatic N) is 5. The van der Waals surface area contributed by atoms with Crippen LogP contribution in [0.3, 0.4) is 0 Å². The van der Waals surface area contributed by atoms with Crippen molar-refractivity contribution < 1.29 is 22.7 Å². The van der Waals surface area contributed by atoms with Crippen molar-refractivity contribution in [2.45, 2.75) is 6.18 Å². The molecular weight excluding hydrogens is 447 g/mol. The van der Waals surface area contributed by atoms with E-state index in [9.17, 15) is 18.0 Å². The minimum absolute atomic E-state index is 0.0283. The van der Waals surface area contributed by atoms with Gasteiger partial charge < -0.3 is 20.3 Å². The lowest BCUT2D eigenvalue weighted by Crippen LogP contribution is -2.36. The molecule has 3 aromatic rings. The largest absolute Gasteiger partial charge is 0.405 e. The molecular formula is C19H18F3N7O2S. The fourth-order valence-corrected chi connectivity index (χ4v) is 3.74. The van der Waals surface area contributed by atoms with Gasteiger partial charge in [-0.2, -0.15) is 13.2 Å². The van der Waals surface area contributed by atoms with Crippen molar-refractivity contribution in [3.8, 4) is 10.4 Å². The van der Waals surface area contributed by atoms with Crippen LogP contribution in [0.25, 0.3) is 10.4 Å². The number of pyridine rings is 1. The Balaban J connectivity index is 1.45. The Labute approximate surface area is 184 Å². The van der Waals surface area contributed by atoms with E-state index in [4.69, 9.17) is 4.74 Å². The number of carbonyl (C=O) groups is 1. The Morgan fingerprint density at radius 1 is 1.12 bits per heavy atom. The second kappa shape index (κ2) is 9.44. The van der Waals surface area contributed by atoms with Gasteiger partial charge in [-0.15, -0.1) is 0 Å². The highest BCUT2D eigenvalue weighted by Crippen LogP contribution is 2.31. The highest BCUT2D eigenvalue weighted by atomic mass is 32.1. The van der Waals surface area contributed by atoms with Gasteiger partial charge in [-0.1, -0.05) is 11.3 Å². The topological polar surface area (TPSA) is 105 Å². The predicted molar refractivity (Wildman–Crippen MR) is 112 cm³/mol. The van der Waals surface area contributed by atoms with E-state index in [0.29, 0.717) is 34.6 Å². The predicted octanol–water partition coefficient (Wildman–Crippen LogP) is 2.87. The van der Waals surface area contributed by atoms with Gasteiger partial charge in [-0.05, 0) is 6.07 Å². The lowest BCUT2D eigenvalue weighted by atomic mass is 10.2. The summed E-state index contributed by atoms with van der Waals surface area (Å²) in [5.41, 5.74) is 0.590. The fourth-order valence-electron chi connectivity index (χ4n) is 2.94. The molecule has 3 aromatic heterocycles. The number of aromatic nitrogens is 4. The number of nitrogens with one attached hydrogen (secondary N) is 2. The van der Waals surface area contributed by atoms with Crippen molar-refractivity contribution in [2.75, 3.05) is 43.1 Å². The van der Waals surface area contributed by atoms with E-state index in [2.05, 4.69) is 30.2 Å². The molecule has 2 N–H and O–H groups in total. The highest BCUT2D eigenvalue weighted by molar-refractivity contribution is 7.18. The van der Waals surface area contributed by atoms with E-state index in [1.807, 2.05) is 11.4 Å². The molecule has 1 amide bonds. The van der Waals surface area contributed by atoms with Crippen LogP contribution in [0.1, 0.15) is 10.4 Å². The number of ether oxygens (including phenoxy) is 1.